The van der Waals surface area contributed by atoms with Crippen LogP contribution in [0.1, 0.15) is 30.0 Å². The van der Waals surface area contributed by atoms with Gasteiger partial charge in [0.15, 0.2) is 15.1 Å². The molecular weight excluding hydrogens is 672 g/mol. The number of benzene rings is 3. The van der Waals surface area contributed by atoms with Crippen molar-refractivity contribution in [2.75, 3.05) is 5.32 Å². The van der Waals surface area contributed by atoms with E-state index in [0.717, 1.165) is 34.7 Å². The molecule has 49 heavy (non-hydrogen) atoms. The van der Waals surface area contributed by atoms with Gasteiger partial charge in [0.05, 0.1) is 27.5 Å². The number of para-hydroxylation sites is 1. The minimum atomic E-state index is -4.68. The van der Waals surface area contributed by atoms with Crippen molar-refractivity contribution in [2.45, 2.75) is 29.4 Å². The number of nitrogens with zero attached hydrogens (tertiary/aromatic N) is 4. The molecule has 6 aromatic rings. The zero-order chi connectivity index (χ0) is 34.1. The van der Waals surface area contributed by atoms with Gasteiger partial charge in [0.1, 0.15) is 11.5 Å². The summed E-state index contributed by atoms with van der Waals surface area (Å²) < 4.78 is 48.9. The monoisotopic (exact) mass is 695 g/mol. The zero-order valence-corrected chi connectivity index (χ0v) is 27.1. The molecule has 0 spiro atoms. The summed E-state index contributed by atoms with van der Waals surface area (Å²) in [5.74, 6) is -0.0902. The predicted octanol–water partition coefficient (Wildman–Crippen LogP) is 7.09. The number of hydrogen-bond donors (Lipinski definition) is 1. The van der Waals surface area contributed by atoms with Crippen LogP contribution in [0, 0.1) is 0 Å². The van der Waals surface area contributed by atoms with Crippen molar-refractivity contribution in [3.63, 3.8) is 0 Å². The SMILES string of the molecule is CC1=C(C(=O)Nc2ccccc2)[C@H](c2ccccc2)n2c(s/c(=C/c3ccc(Sc4nc(-c5ccccc5)cc(C(F)(F)F)n4)o3)c2=O)=N1. The summed E-state index contributed by atoms with van der Waals surface area (Å²) >= 11 is 1.97. The molecule has 0 saturated heterocycles. The van der Waals surface area contributed by atoms with Crippen LogP contribution in [0.25, 0.3) is 17.3 Å². The van der Waals surface area contributed by atoms with Gasteiger partial charge in [0.25, 0.3) is 11.5 Å². The Hall–Kier alpha value is -5.53. The third kappa shape index (κ3) is 6.76. The molecule has 1 aliphatic heterocycles. The second-order valence-electron chi connectivity index (χ2n) is 10.9. The van der Waals surface area contributed by atoms with E-state index in [2.05, 4.69) is 20.3 Å². The summed E-state index contributed by atoms with van der Waals surface area (Å²) in [5.41, 5.74) is 1.33. The molecule has 0 aliphatic carbocycles. The van der Waals surface area contributed by atoms with E-state index in [0.29, 0.717) is 31.9 Å². The van der Waals surface area contributed by atoms with Crippen molar-refractivity contribution < 1.29 is 22.4 Å². The number of carbonyl (C=O) groups is 1. The smallest absolute Gasteiger partial charge is 0.433 e. The zero-order valence-electron chi connectivity index (χ0n) is 25.5. The van der Waals surface area contributed by atoms with Gasteiger partial charge >= 0.3 is 6.18 Å². The van der Waals surface area contributed by atoms with E-state index in [1.807, 2.05) is 48.5 Å². The quantitative estimate of drug-likeness (QED) is 0.179. The van der Waals surface area contributed by atoms with Crippen molar-refractivity contribution in [1.29, 1.82) is 0 Å². The van der Waals surface area contributed by atoms with Gasteiger partial charge < -0.3 is 9.73 Å². The molecule has 0 saturated carbocycles. The molecule has 0 bridgehead atoms. The van der Waals surface area contributed by atoms with E-state index >= 15 is 0 Å². The van der Waals surface area contributed by atoms with Crippen molar-refractivity contribution in [3.05, 3.63) is 157 Å². The first-order valence-corrected chi connectivity index (χ1v) is 16.5. The Morgan fingerprint density at radius 1 is 0.939 bits per heavy atom. The summed E-state index contributed by atoms with van der Waals surface area (Å²) in [6, 6.07) is 30.1. The number of aromatic nitrogens is 3. The lowest BCUT2D eigenvalue weighted by Gasteiger charge is -2.25. The normalized spacial score (nSPS) is 14.8. The number of rotatable bonds is 7. The van der Waals surface area contributed by atoms with Gasteiger partial charge in [-0.3, -0.25) is 14.2 Å². The van der Waals surface area contributed by atoms with Gasteiger partial charge in [0.2, 0.25) is 0 Å². The highest BCUT2D eigenvalue weighted by Gasteiger charge is 2.34. The lowest BCUT2D eigenvalue weighted by Crippen LogP contribution is -2.40. The van der Waals surface area contributed by atoms with E-state index in [9.17, 15) is 22.8 Å². The fourth-order valence-corrected chi connectivity index (χ4v) is 7.11. The Morgan fingerprint density at radius 3 is 2.31 bits per heavy atom. The highest BCUT2D eigenvalue weighted by atomic mass is 32.2. The molecule has 3 aromatic carbocycles. The Morgan fingerprint density at radius 2 is 1.61 bits per heavy atom. The maximum Gasteiger partial charge on any atom is 0.433 e. The highest BCUT2D eigenvalue weighted by Crippen LogP contribution is 2.35. The van der Waals surface area contributed by atoms with E-state index in [1.165, 1.54) is 4.57 Å². The standard InChI is InChI=1S/C36H24F3N5O3S2/c1-21-30(32(45)41-24-15-9-4-10-16-24)31(23-13-7-3-8-14-23)44-33(46)27(48-35(44)40-21)19-25-17-18-29(47-25)49-34-42-26(22-11-5-2-6-12-22)20-28(43-34)36(37,38)39/h2-20,31H,1H3,(H,41,45)/b27-19+/t31-/m0/s1. The first-order chi connectivity index (χ1) is 23.6. The fourth-order valence-electron chi connectivity index (χ4n) is 5.34. The Kier molecular flexibility index (Phi) is 8.61. The maximum atomic E-state index is 14.0. The van der Waals surface area contributed by atoms with Gasteiger partial charge in [-0.15, -0.1) is 0 Å². The van der Waals surface area contributed by atoms with E-state index in [4.69, 9.17) is 4.42 Å². The number of nitrogens with one attached hydrogen (secondary N) is 1. The molecule has 1 N–H and O–H groups in total. The molecule has 4 heterocycles. The first-order valence-electron chi connectivity index (χ1n) is 14.9. The van der Waals surface area contributed by atoms with Crippen molar-refractivity contribution in [2.24, 2.45) is 4.99 Å². The molecule has 0 fully saturated rings. The van der Waals surface area contributed by atoms with Gasteiger partial charge in [0, 0.05) is 17.3 Å². The average Bonchev–Trinajstić information content (AvgIpc) is 3.67. The van der Waals surface area contributed by atoms with Crippen LogP contribution in [-0.2, 0) is 11.0 Å². The lowest BCUT2D eigenvalue weighted by molar-refractivity contribution is -0.141. The molecule has 0 unspecified atom stereocenters. The highest BCUT2D eigenvalue weighted by molar-refractivity contribution is 7.99. The minimum absolute atomic E-state index is 0.124. The molecule has 1 atom stereocenters. The van der Waals surface area contributed by atoms with Gasteiger partial charge in [-0.2, -0.15) is 13.2 Å². The number of anilines is 1. The third-order valence-electron chi connectivity index (χ3n) is 7.55. The number of allylic oxidation sites excluding steroid dienone is 1. The van der Waals surface area contributed by atoms with Gasteiger partial charge in [-0.25, -0.2) is 15.0 Å². The topological polar surface area (TPSA) is 102 Å². The third-order valence-corrected chi connectivity index (χ3v) is 9.31. The second kappa shape index (κ2) is 13.2. The van der Waals surface area contributed by atoms with Crippen molar-refractivity contribution in [1.82, 2.24) is 14.5 Å². The fraction of sp³-hybridized carbons (Fsp3) is 0.0833. The van der Waals surface area contributed by atoms with Crippen LogP contribution < -0.4 is 20.2 Å². The Labute approximate surface area is 285 Å². The molecule has 1 amide bonds. The number of furan rings is 1. The second-order valence-corrected chi connectivity index (χ2v) is 12.8. The summed E-state index contributed by atoms with van der Waals surface area (Å²) in [4.78, 5) is 40.8. The van der Waals surface area contributed by atoms with Crippen LogP contribution in [0.4, 0.5) is 18.9 Å². The number of alkyl halides is 3. The average molecular weight is 696 g/mol. The number of thiazole rings is 1. The number of halogens is 3. The number of amides is 1. The number of fused-ring (bicyclic) bond motifs is 1. The van der Waals surface area contributed by atoms with Crippen molar-refractivity contribution >= 4 is 40.8 Å². The lowest BCUT2D eigenvalue weighted by atomic mass is 9.95. The summed E-state index contributed by atoms with van der Waals surface area (Å²) in [6.45, 7) is 1.74. The van der Waals surface area contributed by atoms with Gasteiger partial charge in [-0.05, 0) is 54.6 Å². The number of hydrogen-bond acceptors (Lipinski definition) is 8. The van der Waals surface area contributed by atoms with Crippen molar-refractivity contribution in [3.8, 4) is 11.3 Å². The van der Waals surface area contributed by atoms with E-state index < -0.39 is 17.9 Å². The van der Waals surface area contributed by atoms with Crippen LogP contribution in [0.15, 0.2) is 145 Å². The largest absolute Gasteiger partial charge is 0.450 e. The predicted molar refractivity (Wildman–Crippen MR) is 181 cm³/mol. The molecule has 13 heteroatoms. The molecular formula is C36H24F3N5O3S2. The minimum Gasteiger partial charge on any atom is -0.450 e. The number of carbonyl (C=O) groups excluding carboxylic acids is 1. The summed E-state index contributed by atoms with van der Waals surface area (Å²) in [7, 11) is 0. The molecule has 244 valence electrons. The van der Waals surface area contributed by atoms with E-state index in [-0.39, 0.29) is 33.2 Å². The van der Waals surface area contributed by atoms with Crippen LogP contribution in [0.5, 0.6) is 0 Å². The molecule has 3 aromatic heterocycles. The molecule has 8 nitrogen and oxygen atoms in total. The Bertz CT molecular complexity index is 2390. The molecule has 7 rings (SSSR count). The Balaban J connectivity index is 1.23. The van der Waals surface area contributed by atoms with Crippen LogP contribution in [0.3, 0.4) is 0 Å². The van der Waals surface area contributed by atoms with E-state index in [1.54, 1.807) is 67.6 Å². The molecule has 1 aliphatic rings. The molecule has 0 radical (unpaired) electrons. The van der Waals surface area contributed by atoms with Crippen LogP contribution >= 0.6 is 23.1 Å². The van der Waals surface area contributed by atoms with Gasteiger partial charge in [-0.1, -0.05) is 90.2 Å². The summed E-state index contributed by atoms with van der Waals surface area (Å²) in [6.07, 6.45) is -3.14. The van der Waals surface area contributed by atoms with Crippen LogP contribution in [-0.4, -0.2) is 20.4 Å². The summed E-state index contributed by atoms with van der Waals surface area (Å²) in [5, 5.41) is 3.01. The maximum absolute atomic E-state index is 14.0. The van der Waals surface area contributed by atoms with Crippen LogP contribution in [0.2, 0.25) is 0 Å². The first kappa shape index (κ1) is 32.0.